The minimum atomic E-state index is -5.73. The van der Waals surface area contributed by atoms with Crippen molar-refractivity contribution in [3.05, 3.63) is 70.6 Å². The van der Waals surface area contributed by atoms with Crippen LogP contribution >= 0.6 is 11.6 Å². The molecule has 258 valence electrons. The summed E-state index contributed by atoms with van der Waals surface area (Å²) >= 11 is 5.83. The monoisotopic (exact) mass is 726 g/mol. The molecule has 0 saturated carbocycles. The number of nitrogens with one attached hydrogen (secondary N) is 1. The molecule has 3 heterocycles. The summed E-state index contributed by atoms with van der Waals surface area (Å²) in [5.74, 6) is -12.5. The first-order valence-electron chi connectivity index (χ1n) is 12.1. The number of amides is 2. The molecular weight excluding hydrogens is 708 g/mol. The second-order valence-electron chi connectivity index (χ2n) is 9.20. The quantitative estimate of drug-likeness (QED) is 0.181. The van der Waals surface area contributed by atoms with Gasteiger partial charge in [0, 0.05) is 24.3 Å². The highest BCUT2D eigenvalue weighted by molar-refractivity contribution is 7.91. The van der Waals surface area contributed by atoms with Crippen molar-refractivity contribution in [1.29, 1.82) is 0 Å². The standard InChI is InChI=1S/C21H18ClF5N6O6S.C2HF3O2/c22-17-12(9-15(28)34)31-21(18(35)30-17,29-10-19(23,24)14-6-2-4-8-33(14)37)16(13-5-1-3-7-32(13)36)40(38,39)11-20(25,26)27;3-2(4,5)1(6)7/h1-8,16,29H,9-11H2,(H2,28,34);(H,6,7). The smallest absolute Gasteiger partial charge is 0.490 e. The topological polar surface area (TPSA) is 222 Å². The Labute approximate surface area is 262 Å². The molecule has 3 rings (SSSR count). The number of nitrogens with zero attached hydrogens (tertiary/aromatic N) is 4. The van der Waals surface area contributed by atoms with Crippen LogP contribution in [-0.2, 0) is 30.1 Å². The van der Waals surface area contributed by atoms with Crippen LogP contribution in [0.2, 0.25) is 0 Å². The van der Waals surface area contributed by atoms with Gasteiger partial charge < -0.3 is 21.3 Å². The molecule has 0 fully saturated rings. The van der Waals surface area contributed by atoms with Gasteiger partial charge in [-0.2, -0.15) is 49.6 Å². The lowest BCUT2D eigenvalue weighted by atomic mass is 9.98. The van der Waals surface area contributed by atoms with Crippen LogP contribution < -0.4 is 20.5 Å². The predicted octanol–water partition coefficient (Wildman–Crippen LogP) is 1.18. The first kappa shape index (κ1) is 38.7. The Morgan fingerprint density at radius 2 is 1.55 bits per heavy atom. The normalized spacial score (nSPS) is 17.9. The Kier molecular flexibility index (Phi) is 11.6. The van der Waals surface area contributed by atoms with Gasteiger partial charge in [0.1, 0.15) is 5.75 Å². The van der Waals surface area contributed by atoms with Gasteiger partial charge in [-0.1, -0.05) is 11.6 Å². The van der Waals surface area contributed by atoms with Crippen molar-refractivity contribution < 1.29 is 72.5 Å². The van der Waals surface area contributed by atoms with Gasteiger partial charge in [0.2, 0.25) is 17.3 Å². The van der Waals surface area contributed by atoms with Crippen molar-refractivity contribution in [2.45, 2.75) is 35.6 Å². The van der Waals surface area contributed by atoms with Crippen LogP contribution in [0.5, 0.6) is 0 Å². The van der Waals surface area contributed by atoms with E-state index in [0.29, 0.717) is 18.5 Å². The van der Waals surface area contributed by atoms with Crippen LogP contribution in [0.25, 0.3) is 0 Å². The van der Waals surface area contributed by atoms with E-state index in [1.807, 2.05) is 5.32 Å². The highest BCUT2D eigenvalue weighted by Crippen LogP contribution is 2.40. The number of rotatable bonds is 10. The number of sulfone groups is 1. The maximum absolute atomic E-state index is 15.2. The highest BCUT2D eigenvalue weighted by atomic mass is 35.5. The molecule has 2 aromatic heterocycles. The molecule has 0 spiro atoms. The number of aliphatic carboxylic acids is 1. The number of alkyl halides is 8. The van der Waals surface area contributed by atoms with Crippen molar-refractivity contribution >= 4 is 50.1 Å². The number of hydrogen-bond acceptors (Lipinski definition) is 9. The van der Waals surface area contributed by atoms with Crippen molar-refractivity contribution in [1.82, 2.24) is 5.32 Å². The Morgan fingerprint density at radius 1 is 1.02 bits per heavy atom. The Bertz CT molecular complexity index is 1700. The van der Waals surface area contributed by atoms with E-state index in [1.54, 1.807) is 0 Å². The Hall–Kier alpha value is -4.51. The first-order valence-corrected chi connectivity index (χ1v) is 14.2. The lowest BCUT2D eigenvalue weighted by Gasteiger charge is -2.37. The molecule has 0 aliphatic carbocycles. The van der Waals surface area contributed by atoms with Crippen LogP contribution in [0.1, 0.15) is 23.1 Å². The van der Waals surface area contributed by atoms with Gasteiger partial charge in [-0.3, -0.25) is 19.9 Å². The zero-order chi connectivity index (χ0) is 36.2. The van der Waals surface area contributed by atoms with E-state index in [2.05, 4.69) is 9.98 Å². The summed E-state index contributed by atoms with van der Waals surface area (Å²) in [6.45, 7) is -1.78. The fourth-order valence-corrected chi connectivity index (χ4v) is 5.98. The number of aliphatic imine (C=N–C) groups is 2. The van der Waals surface area contributed by atoms with Gasteiger partial charge in [-0.15, -0.1) is 0 Å². The Morgan fingerprint density at radius 3 is 2.02 bits per heavy atom. The number of carboxylic acids is 1. The molecule has 1 aliphatic heterocycles. The number of pyridine rings is 2. The summed E-state index contributed by atoms with van der Waals surface area (Å²) in [4.78, 5) is 40.8. The van der Waals surface area contributed by atoms with Crippen molar-refractivity contribution in [3.63, 3.8) is 0 Å². The molecule has 0 aromatic carbocycles. The number of primary amides is 1. The van der Waals surface area contributed by atoms with Gasteiger partial charge >= 0.3 is 24.2 Å². The minimum absolute atomic E-state index is 0.209. The Balaban J connectivity index is 0.000000984. The van der Waals surface area contributed by atoms with Gasteiger partial charge in [0.05, 0.1) is 18.7 Å². The lowest BCUT2D eigenvalue weighted by Crippen LogP contribution is -2.63. The fraction of sp³-hybridized carbons (Fsp3) is 0.348. The molecule has 2 unspecified atom stereocenters. The summed E-state index contributed by atoms with van der Waals surface area (Å²) < 4.78 is 128. The van der Waals surface area contributed by atoms with Crippen LogP contribution in [0.4, 0.5) is 35.1 Å². The molecule has 24 heteroatoms. The summed E-state index contributed by atoms with van der Waals surface area (Å²) in [6.07, 6.45) is -10.1. The molecule has 2 atom stereocenters. The van der Waals surface area contributed by atoms with Crippen LogP contribution in [0.15, 0.2) is 58.8 Å². The van der Waals surface area contributed by atoms with Crippen molar-refractivity contribution in [3.8, 4) is 0 Å². The van der Waals surface area contributed by atoms with Gasteiger partial charge in [-0.25, -0.2) is 13.2 Å². The largest absolute Gasteiger partial charge is 0.618 e. The molecule has 0 radical (unpaired) electrons. The molecular formula is C23H19ClF8N6O8S. The zero-order valence-corrected chi connectivity index (χ0v) is 24.4. The van der Waals surface area contributed by atoms with E-state index in [0.717, 1.165) is 30.3 Å². The maximum atomic E-state index is 15.2. The summed E-state index contributed by atoms with van der Waals surface area (Å²) in [5, 5.41) is 29.7. The second-order valence-corrected chi connectivity index (χ2v) is 11.6. The van der Waals surface area contributed by atoms with Crippen molar-refractivity contribution in [2.24, 2.45) is 15.7 Å². The fourth-order valence-electron chi connectivity index (χ4n) is 3.86. The molecule has 4 N–H and O–H groups in total. The van der Waals surface area contributed by atoms with E-state index < -0.39 is 97.8 Å². The predicted molar refractivity (Wildman–Crippen MR) is 141 cm³/mol. The summed E-state index contributed by atoms with van der Waals surface area (Å²) in [6, 6.07) is 5.71. The molecule has 14 nitrogen and oxygen atoms in total. The van der Waals surface area contributed by atoms with Crippen LogP contribution in [-0.4, -0.2) is 72.5 Å². The van der Waals surface area contributed by atoms with Crippen molar-refractivity contribution in [2.75, 3.05) is 12.3 Å². The third-order valence-electron chi connectivity index (χ3n) is 5.66. The second kappa shape index (κ2) is 14.1. The van der Waals surface area contributed by atoms with Gasteiger partial charge in [0.15, 0.2) is 32.7 Å². The van der Waals surface area contributed by atoms with Crippen LogP contribution in [0, 0.1) is 10.4 Å². The van der Waals surface area contributed by atoms with Crippen LogP contribution in [0.3, 0.4) is 0 Å². The van der Waals surface area contributed by atoms with E-state index >= 15 is 8.78 Å². The lowest BCUT2D eigenvalue weighted by molar-refractivity contribution is -0.624. The summed E-state index contributed by atoms with van der Waals surface area (Å²) in [7, 11) is -5.73. The molecule has 2 amide bonds. The minimum Gasteiger partial charge on any atom is -0.618 e. The average molecular weight is 727 g/mol. The van der Waals surface area contributed by atoms with E-state index in [4.69, 9.17) is 27.2 Å². The molecule has 47 heavy (non-hydrogen) atoms. The maximum Gasteiger partial charge on any atom is 0.490 e. The highest BCUT2D eigenvalue weighted by Gasteiger charge is 2.61. The molecule has 0 saturated heterocycles. The van der Waals surface area contributed by atoms with E-state index in [9.17, 15) is 54.8 Å². The zero-order valence-electron chi connectivity index (χ0n) is 22.8. The van der Waals surface area contributed by atoms with Gasteiger partial charge in [-0.05, 0) is 12.1 Å². The molecule has 0 bridgehead atoms. The number of carbonyl (C=O) groups is 3. The number of nitrogens with two attached hydrogens (primary N) is 1. The third-order valence-corrected chi connectivity index (χ3v) is 8.00. The van der Waals surface area contributed by atoms with E-state index in [-0.39, 0.29) is 9.46 Å². The number of hydrogen-bond donors (Lipinski definition) is 3. The van der Waals surface area contributed by atoms with Gasteiger partial charge in [0.25, 0.3) is 11.6 Å². The molecule has 2 aromatic rings. The first-order chi connectivity index (χ1) is 21.3. The number of carbonyl (C=O) groups excluding carboxylic acids is 2. The summed E-state index contributed by atoms with van der Waals surface area (Å²) in [5.41, 5.74) is -1.28. The third kappa shape index (κ3) is 9.74. The number of halogens is 9. The SMILES string of the molecule is NC(=O)CC1=NC(NCC(F)(F)c2cccc[n+]2[O-])(C(c2cccc[n+]2[O-])S(=O)(=O)CC(F)(F)F)C(=O)N=C1Cl.O=C(O)C(F)(F)F. The van der Waals surface area contributed by atoms with E-state index in [1.165, 1.54) is 0 Å². The molecule has 1 aliphatic rings. The number of aromatic nitrogens is 2. The number of carboxylic acid groups (broad SMARTS) is 1. The average Bonchev–Trinajstić information content (AvgIpc) is 2.90.